The van der Waals surface area contributed by atoms with E-state index in [9.17, 15) is 19.8 Å². The van der Waals surface area contributed by atoms with Crippen molar-refractivity contribution in [2.24, 2.45) is 0 Å². The van der Waals surface area contributed by atoms with E-state index in [1.165, 1.54) is 31.4 Å². The van der Waals surface area contributed by atoms with Gasteiger partial charge in [0.1, 0.15) is 12.2 Å². The van der Waals surface area contributed by atoms with Crippen LogP contribution in [0.15, 0.2) is 176 Å². The second-order valence-electron chi connectivity index (χ2n) is 16.4. The summed E-state index contributed by atoms with van der Waals surface area (Å²) in [7, 11) is 1.35. The molecule has 0 aliphatic carbocycles. The number of phenols is 2. The zero-order valence-electron chi connectivity index (χ0n) is 36.2. The minimum atomic E-state index is -1.50. The first-order valence-electron chi connectivity index (χ1n) is 21.9. The summed E-state index contributed by atoms with van der Waals surface area (Å²) in [4.78, 5) is 29.0. The van der Waals surface area contributed by atoms with Gasteiger partial charge in [0.05, 0.1) is 17.7 Å². The average Bonchev–Trinajstić information content (AvgIpc) is 4.00. The highest BCUT2D eigenvalue weighted by Crippen LogP contribution is 2.54. The molecule has 7 aromatic carbocycles. The number of methoxy groups -OCH3 is 1. The largest absolute Gasteiger partial charge is 0.504 e. The number of carbonyl (C=O) groups excluding carboxylic acids is 2. The minimum Gasteiger partial charge on any atom is -0.504 e. The molecule has 4 heterocycles. The number of benzene rings is 7. The van der Waals surface area contributed by atoms with Crippen molar-refractivity contribution in [2.45, 2.75) is 48.6 Å². The molecular formula is C54H42O14. The van der Waals surface area contributed by atoms with Crippen molar-refractivity contribution < 1.29 is 67.2 Å². The Hall–Kier alpha value is -7.88. The number of hydrogen-bond donors (Lipinski definition) is 2. The third kappa shape index (κ3) is 7.49. The lowest BCUT2D eigenvalue weighted by Crippen LogP contribution is -2.64. The molecule has 0 radical (unpaired) electrons. The van der Waals surface area contributed by atoms with Crippen LogP contribution in [-0.2, 0) is 40.0 Å². The SMILES string of the molecule is CO[C@H]1O[C@@H]2CO[C@@H](c3ccccc3)O[C@H]2[C@H](OC(=O)c2cc(O)c3c(c2)OC(c2ccccc2)(c2ccccc2)O3)[C@H]1OC(=O)c1cc(O)c2c(c1)OC(c1ccccc1)(c1ccccc1)O2. The van der Waals surface area contributed by atoms with Gasteiger partial charge in [0, 0.05) is 34.9 Å². The maximum atomic E-state index is 14.6. The van der Waals surface area contributed by atoms with Gasteiger partial charge in [-0.2, -0.15) is 0 Å². The van der Waals surface area contributed by atoms with Gasteiger partial charge in [-0.1, -0.05) is 152 Å². The van der Waals surface area contributed by atoms with Crippen LogP contribution in [-0.4, -0.2) is 66.6 Å². The van der Waals surface area contributed by atoms with Gasteiger partial charge in [-0.3, -0.25) is 0 Å². The van der Waals surface area contributed by atoms with Crippen LogP contribution < -0.4 is 18.9 Å². The van der Waals surface area contributed by atoms with E-state index in [1.807, 2.05) is 152 Å². The highest BCUT2D eigenvalue weighted by molar-refractivity contribution is 5.92. The fraction of sp³-hybridized carbons (Fsp3) is 0.185. The molecule has 14 heteroatoms. The zero-order chi connectivity index (χ0) is 46.4. The van der Waals surface area contributed by atoms with E-state index in [4.69, 9.17) is 47.4 Å². The summed E-state index contributed by atoms with van der Waals surface area (Å²) in [6, 6.07) is 51.2. The van der Waals surface area contributed by atoms with E-state index in [-0.39, 0.29) is 52.2 Å². The number of carbonyl (C=O) groups is 2. The predicted octanol–water partition coefficient (Wildman–Crippen LogP) is 8.68. The van der Waals surface area contributed by atoms with Crippen molar-refractivity contribution >= 4 is 11.9 Å². The summed E-state index contributed by atoms with van der Waals surface area (Å²) in [5.41, 5.74) is 3.00. The molecule has 0 saturated carbocycles. The molecule has 0 amide bonds. The maximum absolute atomic E-state index is 14.6. The Balaban J connectivity index is 0.921. The Morgan fingerprint density at radius 2 is 0.941 bits per heavy atom. The van der Waals surface area contributed by atoms with Crippen molar-refractivity contribution in [1.82, 2.24) is 0 Å². The highest BCUT2D eigenvalue weighted by atomic mass is 16.8. The number of fused-ring (bicyclic) bond motifs is 3. The molecule has 14 nitrogen and oxygen atoms in total. The summed E-state index contributed by atoms with van der Waals surface area (Å²) in [5, 5.41) is 22.9. The Kier molecular flexibility index (Phi) is 10.9. The van der Waals surface area contributed by atoms with Crippen molar-refractivity contribution in [1.29, 1.82) is 0 Å². The van der Waals surface area contributed by atoms with Crippen LogP contribution in [0.2, 0.25) is 0 Å². The first-order valence-corrected chi connectivity index (χ1v) is 21.9. The Labute approximate surface area is 389 Å². The van der Waals surface area contributed by atoms with Gasteiger partial charge in [0.2, 0.25) is 11.5 Å². The van der Waals surface area contributed by atoms with Crippen molar-refractivity contribution in [3.63, 3.8) is 0 Å². The molecule has 2 N–H and O–H groups in total. The molecule has 7 aromatic rings. The number of ether oxygens (including phenoxy) is 10. The number of hydrogen-bond acceptors (Lipinski definition) is 14. The summed E-state index contributed by atoms with van der Waals surface area (Å²) in [5.74, 6) is -5.49. The maximum Gasteiger partial charge on any atom is 0.339 e. The normalized spacial score (nSPS) is 22.7. The van der Waals surface area contributed by atoms with E-state index in [0.717, 1.165) is 0 Å². The standard InChI is InChI=1S/C54H42O14/c1-59-52-48(63-50(58)34-28-40(56)45-42(30-34)66-54(68-45,37-23-13-5-14-24-37)38-25-15-6-16-26-38)47(46-43(61-52)31-60-51(64-46)32-17-7-2-8-18-32)62-49(57)33-27-39(55)44-41(29-33)65-53(67-44,35-19-9-3-10-20-35)36-21-11-4-12-22-36/h2-30,43,46-48,51-52,55-56H,31H2,1H3/t43-,46-,47+,48-,51-,52+/m1/s1. The Morgan fingerprint density at radius 1 is 0.529 bits per heavy atom. The van der Waals surface area contributed by atoms with Gasteiger partial charge < -0.3 is 57.6 Å². The molecule has 2 fully saturated rings. The molecule has 6 atom stereocenters. The first kappa shape index (κ1) is 42.7. The van der Waals surface area contributed by atoms with Crippen LogP contribution in [0.1, 0.15) is 54.8 Å². The fourth-order valence-electron chi connectivity index (χ4n) is 9.00. The van der Waals surface area contributed by atoms with Crippen LogP contribution in [0, 0.1) is 0 Å². The van der Waals surface area contributed by atoms with Crippen molar-refractivity contribution in [2.75, 3.05) is 13.7 Å². The zero-order valence-corrected chi connectivity index (χ0v) is 36.2. The lowest BCUT2D eigenvalue weighted by Gasteiger charge is -2.47. The lowest BCUT2D eigenvalue weighted by molar-refractivity contribution is -0.356. The Bertz CT molecular complexity index is 2880. The number of aromatic hydroxyl groups is 2. The monoisotopic (exact) mass is 914 g/mol. The second kappa shape index (κ2) is 17.4. The van der Waals surface area contributed by atoms with Crippen LogP contribution in [0.25, 0.3) is 0 Å². The Morgan fingerprint density at radius 3 is 1.37 bits per heavy atom. The number of phenolic OH excluding ortho intramolecular Hbond substituents is 2. The van der Waals surface area contributed by atoms with E-state index in [2.05, 4.69) is 0 Å². The predicted molar refractivity (Wildman–Crippen MR) is 240 cm³/mol. The van der Waals surface area contributed by atoms with Crippen LogP contribution in [0.5, 0.6) is 34.5 Å². The van der Waals surface area contributed by atoms with Crippen molar-refractivity contribution in [3.8, 4) is 34.5 Å². The lowest BCUT2D eigenvalue weighted by atomic mass is 9.97. The van der Waals surface area contributed by atoms with Gasteiger partial charge in [0.25, 0.3) is 0 Å². The smallest absolute Gasteiger partial charge is 0.339 e. The van der Waals surface area contributed by atoms with E-state index in [1.54, 1.807) is 0 Å². The molecule has 0 spiro atoms. The summed E-state index contributed by atoms with van der Waals surface area (Å²) < 4.78 is 63.1. The minimum absolute atomic E-state index is 0.00865. The average molecular weight is 915 g/mol. The molecule has 4 aliphatic heterocycles. The molecule has 0 bridgehead atoms. The molecule has 11 rings (SSSR count). The second-order valence-corrected chi connectivity index (χ2v) is 16.4. The van der Waals surface area contributed by atoms with Crippen LogP contribution >= 0.6 is 0 Å². The van der Waals surface area contributed by atoms with E-state index in [0.29, 0.717) is 27.8 Å². The summed E-state index contributed by atoms with van der Waals surface area (Å²) in [6.45, 7) is -0.00865. The number of esters is 2. The van der Waals surface area contributed by atoms with Gasteiger partial charge in [-0.15, -0.1) is 0 Å². The third-order valence-electron chi connectivity index (χ3n) is 12.2. The number of rotatable bonds is 10. The summed E-state index contributed by atoms with van der Waals surface area (Å²) in [6.07, 6.45) is -7.06. The molecular weight excluding hydrogens is 873 g/mol. The highest BCUT2D eigenvalue weighted by Gasteiger charge is 2.55. The molecule has 68 heavy (non-hydrogen) atoms. The van der Waals surface area contributed by atoms with E-state index < -0.39 is 60.5 Å². The molecule has 0 unspecified atom stereocenters. The van der Waals surface area contributed by atoms with Gasteiger partial charge in [0.15, 0.2) is 47.8 Å². The quantitative estimate of drug-likeness (QED) is 0.125. The molecule has 2 saturated heterocycles. The van der Waals surface area contributed by atoms with Crippen LogP contribution in [0.3, 0.4) is 0 Å². The first-order chi connectivity index (χ1) is 33.2. The topological polar surface area (TPSA) is 167 Å². The fourth-order valence-corrected chi connectivity index (χ4v) is 9.00. The van der Waals surface area contributed by atoms with Gasteiger partial charge in [-0.05, 0) is 24.3 Å². The molecule has 4 aliphatic rings. The third-order valence-corrected chi connectivity index (χ3v) is 12.2. The van der Waals surface area contributed by atoms with Crippen LogP contribution in [0.4, 0.5) is 0 Å². The van der Waals surface area contributed by atoms with Crippen molar-refractivity contribution in [3.05, 3.63) is 215 Å². The molecule has 0 aromatic heterocycles. The van der Waals surface area contributed by atoms with Gasteiger partial charge >= 0.3 is 23.5 Å². The summed E-state index contributed by atoms with van der Waals surface area (Å²) >= 11 is 0. The molecule has 342 valence electrons. The van der Waals surface area contributed by atoms with Gasteiger partial charge in [-0.25, -0.2) is 9.59 Å². The van der Waals surface area contributed by atoms with E-state index >= 15 is 0 Å².